The van der Waals surface area contributed by atoms with Gasteiger partial charge in [0, 0.05) is 17.0 Å². The number of rotatable bonds is 6. The van der Waals surface area contributed by atoms with Gasteiger partial charge in [-0.15, -0.1) is 11.3 Å². The zero-order valence-electron chi connectivity index (χ0n) is 11.8. The standard InChI is InChI=1S/C16H22N2S/c1-3-4-5-6-15-16(19-12(2)18-15)11-13-7-9-14(17)10-8-13/h7-10H,3-6,11,17H2,1-2H3. The van der Waals surface area contributed by atoms with Crippen LogP contribution in [-0.2, 0) is 12.8 Å². The molecular formula is C16H22N2S. The number of benzene rings is 1. The van der Waals surface area contributed by atoms with Crippen molar-refractivity contribution in [2.75, 3.05) is 5.73 Å². The summed E-state index contributed by atoms with van der Waals surface area (Å²) in [5.41, 5.74) is 9.16. The fourth-order valence-corrected chi connectivity index (χ4v) is 3.23. The van der Waals surface area contributed by atoms with Crippen molar-refractivity contribution in [1.29, 1.82) is 0 Å². The minimum absolute atomic E-state index is 0.826. The molecule has 0 aliphatic rings. The predicted molar refractivity (Wildman–Crippen MR) is 83.7 cm³/mol. The predicted octanol–water partition coefficient (Wildman–Crippen LogP) is 4.36. The number of nitrogens with two attached hydrogens (primary N) is 1. The Morgan fingerprint density at radius 3 is 2.58 bits per heavy atom. The fraction of sp³-hybridized carbons (Fsp3) is 0.438. The molecule has 1 aromatic carbocycles. The highest BCUT2D eigenvalue weighted by atomic mass is 32.1. The van der Waals surface area contributed by atoms with E-state index in [1.54, 1.807) is 0 Å². The number of unbranched alkanes of at least 4 members (excludes halogenated alkanes) is 2. The van der Waals surface area contributed by atoms with Crippen LogP contribution >= 0.6 is 11.3 Å². The molecule has 0 unspecified atom stereocenters. The van der Waals surface area contributed by atoms with E-state index in [0.29, 0.717) is 0 Å². The summed E-state index contributed by atoms with van der Waals surface area (Å²) in [4.78, 5) is 6.11. The SMILES string of the molecule is CCCCCc1nc(C)sc1Cc1ccc(N)cc1. The van der Waals surface area contributed by atoms with Crippen LogP contribution in [0.4, 0.5) is 5.69 Å². The Bertz CT molecular complexity index is 514. The number of hydrogen-bond donors (Lipinski definition) is 1. The van der Waals surface area contributed by atoms with E-state index in [1.807, 2.05) is 23.5 Å². The average molecular weight is 274 g/mol. The molecular weight excluding hydrogens is 252 g/mol. The Kier molecular flexibility index (Phi) is 4.97. The molecule has 2 N–H and O–H groups in total. The number of anilines is 1. The third-order valence-corrected chi connectivity index (χ3v) is 4.26. The van der Waals surface area contributed by atoms with Crippen molar-refractivity contribution in [2.45, 2.75) is 46.0 Å². The third kappa shape index (κ3) is 4.06. The molecule has 0 bridgehead atoms. The van der Waals surface area contributed by atoms with Crippen LogP contribution in [0.1, 0.15) is 47.3 Å². The summed E-state index contributed by atoms with van der Waals surface area (Å²) in [6, 6.07) is 8.17. The molecule has 0 saturated carbocycles. The van der Waals surface area contributed by atoms with Crippen molar-refractivity contribution in [3.63, 3.8) is 0 Å². The van der Waals surface area contributed by atoms with Crippen LogP contribution in [-0.4, -0.2) is 4.98 Å². The van der Waals surface area contributed by atoms with Crippen LogP contribution in [0.25, 0.3) is 0 Å². The van der Waals surface area contributed by atoms with E-state index in [4.69, 9.17) is 5.73 Å². The van der Waals surface area contributed by atoms with Crippen molar-refractivity contribution < 1.29 is 0 Å². The van der Waals surface area contributed by atoms with Gasteiger partial charge in [-0.3, -0.25) is 0 Å². The summed E-state index contributed by atoms with van der Waals surface area (Å²) < 4.78 is 0. The van der Waals surface area contributed by atoms with Gasteiger partial charge >= 0.3 is 0 Å². The molecule has 3 heteroatoms. The van der Waals surface area contributed by atoms with Crippen LogP contribution in [0.2, 0.25) is 0 Å². The summed E-state index contributed by atoms with van der Waals surface area (Å²) in [5, 5.41) is 1.18. The summed E-state index contributed by atoms with van der Waals surface area (Å²) in [5.74, 6) is 0. The highest BCUT2D eigenvalue weighted by molar-refractivity contribution is 7.11. The molecule has 1 aromatic heterocycles. The van der Waals surface area contributed by atoms with Crippen molar-refractivity contribution >= 4 is 17.0 Å². The van der Waals surface area contributed by atoms with E-state index in [-0.39, 0.29) is 0 Å². The van der Waals surface area contributed by atoms with Gasteiger partial charge in [0.05, 0.1) is 10.7 Å². The number of aromatic nitrogens is 1. The monoisotopic (exact) mass is 274 g/mol. The van der Waals surface area contributed by atoms with E-state index in [9.17, 15) is 0 Å². The van der Waals surface area contributed by atoms with Gasteiger partial charge in [0.15, 0.2) is 0 Å². The van der Waals surface area contributed by atoms with Crippen molar-refractivity contribution in [2.24, 2.45) is 0 Å². The molecule has 2 nitrogen and oxygen atoms in total. The van der Waals surface area contributed by atoms with Gasteiger partial charge < -0.3 is 5.73 Å². The molecule has 0 saturated heterocycles. The number of nitrogens with zero attached hydrogens (tertiary/aromatic N) is 1. The van der Waals surface area contributed by atoms with Crippen LogP contribution < -0.4 is 5.73 Å². The van der Waals surface area contributed by atoms with Gasteiger partial charge in [0.2, 0.25) is 0 Å². The molecule has 0 radical (unpaired) electrons. The number of hydrogen-bond acceptors (Lipinski definition) is 3. The minimum atomic E-state index is 0.826. The minimum Gasteiger partial charge on any atom is -0.399 e. The summed E-state index contributed by atoms with van der Waals surface area (Å²) in [7, 11) is 0. The Morgan fingerprint density at radius 2 is 1.89 bits per heavy atom. The van der Waals surface area contributed by atoms with Crippen molar-refractivity contribution in [3.8, 4) is 0 Å². The second kappa shape index (κ2) is 6.71. The van der Waals surface area contributed by atoms with Crippen LogP contribution in [0, 0.1) is 6.92 Å². The fourth-order valence-electron chi connectivity index (χ4n) is 2.21. The molecule has 0 aliphatic carbocycles. The van der Waals surface area contributed by atoms with Gasteiger partial charge in [-0.05, 0) is 37.5 Å². The Hall–Kier alpha value is -1.35. The highest BCUT2D eigenvalue weighted by Gasteiger charge is 2.09. The third-order valence-electron chi connectivity index (χ3n) is 3.25. The van der Waals surface area contributed by atoms with Crippen molar-refractivity contribution in [1.82, 2.24) is 4.98 Å². The average Bonchev–Trinajstić information content (AvgIpc) is 2.73. The zero-order chi connectivity index (χ0) is 13.7. The molecule has 2 rings (SSSR count). The number of nitrogen functional groups attached to an aromatic ring is 1. The Balaban J connectivity index is 2.08. The first kappa shape index (κ1) is 14.1. The topological polar surface area (TPSA) is 38.9 Å². The smallest absolute Gasteiger partial charge is 0.0900 e. The normalized spacial score (nSPS) is 10.8. The van der Waals surface area contributed by atoms with Gasteiger partial charge in [-0.2, -0.15) is 0 Å². The lowest BCUT2D eigenvalue weighted by Crippen LogP contribution is -1.94. The Morgan fingerprint density at radius 1 is 1.16 bits per heavy atom. The number of thiazole rings is 1. The quantitative estimate of drug-likeness (QED) is 0.628. The van der Waals surface area contributed by atoms with Gasteiger partial charge in [-0.25, -0.2) is 4.98 Å². The summed E-state index contributed by atoms with van der Waals surface area (Å²) >= 11 is 1.83. The van der Waals surface area contributed by atoms with E-state index in [2.05, 4.69) is 31.0 Å². The largest absolute Gasteiger partial charge is 0.399 e. The maximum atomic E-state index is 5.73. The van der Waals surface area contributed by atoms with Crippen LogP contribution in [0.15, 0.2) is 24.3 Å². The second-order valence-electron chi connectivity index (χ2n) is 4.98. The molecule has 2 aromatic rings. The first-order chi connectivity index (χ1) is 9.19. The van der Waals surface area contributed by atoms with E-state index in [1.165, 1.54) is 40.4 Å². The lowest BCUT2D eigenvalue weighted by atomic mass is 10.1. The highest BCUT2D eigenvalue weighted by Crippen LogP contribution is 2.23. The van der Waals surface area contributed by atoms with Gasteiger partial charge in [-0.1, -0.05) is 31.9 Å². The van der Waals surface area contributed by atoms with E-state index >= 15 is 0 Å². The molecule has 102 valence electrons. The molecule has 0 spiro atoms. The maximum Gasteiger partial charge on any atom is 0.0900 e. The second-order valence-corrected chi connectivity index (χ2v) is 6.27. The summed E-state index contributed by atoms with van der Waals surface area (Å²) in [6.07, 6.45) is 5.89. The lowest BCUT2D eigenvalue weighted by molar-refractivity contribution is 0.706. The first-order valence-electron chi connectivity index (χ1n) is 6.98. The van der Waals surface area contributed by atoms with Gasteiger partial charge in [0.25, 0.3) is 0 Å². The van der Waals surface area contributed by atoms with E-state index < -0.39 is 0 Å². The van der Waals surface area contributed by atoms with Crippen molar-refractivity contribution in [3.05, 3.63) is 45.4 Å². The molecule has 0 atom stereocenters. The number of aryl methyl sites for hydroxylation is 2. The van der Waals surface area contributed by atoms with Gasteiger partial charge in [0.1, 0.15) is 0 Å². The van der Waals surface area contributed by atoms with Crippen LogP contribution in [0.5, 0.6) is 0 Å². The van der Waals surface area contributed by atoms with Crippen LogP contribution in [0.3, 0.4) is 0 Å². The molecule has 0 amide bonds. The van der Waals surface area contributed by atoms with E-state index in [0.717, 1.165) is 18.5 Å². The molecule has 1 heterocycles. The Labute approximate surface area is 119 Å². The first-order valence-corrected chi connectivity index (χ1v) is 7.80. The molecule has 0 fully saturated rings. The maximum absolute atomic E-state index is 5.73. The zero-order valence-corrected chi connectivity index (χ0v) is 12.6. The summed E-state index contributed by atoms with van der Waals surface area (Å²) in [6.45, 7) is 4.34. The lowest BCUT2D eigenvalue weighted by Gasteiger charge is -2.03. The molecule has 19 heavy (non-hydrogen) atoms. The molecule has 0 aliphatic heterocycles.